The van der Waals surface area contributed by atoms with Gasteiger partial charge in [0.05, 0.1) is 6.42 Å². The van der Waals surface area contributed by atoms with Gasteiger partial charge in [0, 0.05) is 18.8 Å². The third kappa shape index (κ3) is 5.97. The van der Waals surface area contributed by atoms with E-state index in [4.69, 9.17) is 0 Å². The Kier molecular flexibility index (Phi) is 6.23. The summed E-state index contributed by atoms with van der Waals surface area (Å²) in [5, 5.41) is 12.2. The van der Waals surface area contributed by atoms with Crippen molar-refractivity contribution in [3.05, 3.63) is 95.6 Å². The van der Waals surface area contributed by atoms with E-state index in [1.807, 2.05) is 30.3 Å². The minimum Gasteiger partial charge on any atom is -0.508 e. The summed E-state index contributed by atoms with van der Waals surface area (Å²) in [5.74, 6) is 0.126. The van der Waals surface area contributed by atoms with E-state index in [-0.39, 0.29) is 18.1 Å². The van der Waals surface area contributed by atoms with Crippen LogP contribution < -0.4 is 5.32 Å². The van der Waals surface area contributed by atoms with E-state index in [0.29, 0.717) is 0 Å². The molecule has 0 bridgehead atoms. The third-order valence-corrected chi connectivity index (χ3v) is 4.29. The highest BCUT2D eigenvalue weighted by molar-refractivity contribution is 5.92. The van der Waals surface area contributed by atoms with Crippen LogP contribution in [0.1, 0.15) is 16.7 Å². The molecule has 2 N–H and O–H groups in total. The van der Waals surface area contributed by atoms with Gasteiger partial charge in [-0.3, -0.25) is 9.69 Å². The number of benzene rings is 3. The second-order valence-corrected chi connectivity index (χ2v) is 6.75. The average Bonchev–Trinajstić information content (AvgIpc) is 2.66. The van der Waals surface area contributed by atoms with Gasteiger partial charge in [0.15, 0.2) is 0 Å². The van der Waals surface area contributed by atoms with Crippen molar-refractivity contribution in [1.29, 1.82) is 0 Å². The highest BCUT2D eigenvalue weighted by Gasteiger charge is 2.06. The molecule has 4 nitrogen and oxygen atoms in total. The number of nitrogens with zero attached hydrogens (tertiary/aromatic N) is 1. The number of aromatic hydroxyl groups is 1. The van der Waals surface area contributed by atoms with Gasteiger partial charge in [-0.15, -0.1) is 0 Å². The summed E-state index contributed by atoms with van der Waals surface area (Å²) in [6.07, 6.45) is 0.280. The molecule has 3 aromatic carbocycles. The quantitative estimate of drug-likeness (QED) is 0.664. The fourth-order valence-electron chi connectivity index (χ4n) is 2.96. The minimum atomic E-state index is -0.0744. The van der Waals surface area contributed by atoms with Crippen molar-refractivity contribution in [3.8, 4) is 5.75 Å². The lowest BCUT2D eigenvalue weighted by atomic mass is 10.1. The Morgan fingerprint density at radius 2 is 1.37 bits per heavy atom. The fraction of sp³-hybridized carbons (Fsp3) is 0.174. The number of rotatable bonds is 7. The van der Waals surface area contributed by atoms with Gasteiger partial charge in [-0.1, -0.05) is 54.6 Å². The van der Waals surface area contributed by atoms with Crippen molar-refractivity contribution in [2.45, 2.75) is 19.5 Å². The summed E-state index contributed by atoms with van der Waals surface area (Å²) in [4.78, 5) is 14.4. The van der Waals surface area contributed by atoms with Crippen LogP contribution in [0.5, 0.6) is 5.75 Å². The van der Waals surface area contributed by atoms with Gasteiger partial charge in [0.1, 0.15) is 5.75 Å². The summed E-state index contributed by atoms with van der Waals surface area (Å²) in [6.45, 7) is 1.74. The highest BCUT2D eigenvalue weighted by atomic mass is 16.3. The van der Waals surface area contributed by atoms with E-state index < -0.39 is 0 Å². The van der Waals surface area contributed by atoms with Gasteiger partial charge in [0.25, 0.3) is 0 Å². The molecule has 0 aliphatic heterocycles. The SMILES string of the molecule is CN(Cc1ccccc1)Cc1ccc(NC(=O)Cc2ccc(O)cc2)cc1. The Balaban J connectivity index is 1.50. The van der Waals surface area contributed by atoms with E-state index >= 15 is 0 Å². The van der Waals surface area contributed by atoms with Crippen molar-refractivity contribution in [2.75, 3.05) is 12.4 Å². The molecule has 4 heteroatoms. The Bertz CT molecular complexity index is 859. The standard InChI is InChI=1S/C23H24N2O2/c1-25(16-19-5-3-2-4-6-19)17-20-7-11-21(12-8-20)24-23(27)15-18-9-13-22(26)14-10-18/h2-14,26H,15-17H2,1H3,(H,24,27). The number of phenolic OH excluding ortho intramolecular Hbond substituents is 1. The van der Waals surface area contributed by atoms with Crippen LogP contribution in [0.15, 0.2) is 78.9 Å². The van der Waals surface area contributed by atoms with E-state index in [0.717, 1.165) is 24.3 Å². The first kappa shape index (κ1) is 18.7. The molecule has 0 heterocycles. The molecule has 0 atom stereocenters. The van der Waals surface area contributed by atoms with Crippen molar-refractivity contribution in [1.82, 2.24) is 4.90 Å². The van der Waals surface area contributed by atoms with Gasteiger partial charge in [-0.25, -0.2) is 0 Å². The predicted octanol–water partition coefficient (Wildman–Crippen LogP) is 4.21. The van der Waals surface area contributed by atoms with Gasteiger partial charge in [-0.05, 0) is 48.0 Å². The van der Waals surface area contributed by atoms with E-state index in [9.17, 15) is 9.90 Å². The van der Waals surface area contributed by atoms with Crippen LogP contribution in [-0.4, -0.2) is 23.0 Å². The first-order valence-corrected chi connectivity index (χ1v) is 8.98. The maximum absolute atomic E-state index is 12.2. The predicted molar refractivity (Wildman–Crippen MR) is 108 cm³/mol. The number of phenols is 1. The first-order valence-electron chi connectivity index (χ1n) is 8.98. The monoisotopic (exact) mass is 360 g/mol. The lowest BCUT2D eigenvalue weighted by molar-refractivity contribution is -0.115. The Hall–Kier alpha value is -3.11. The number of nitrogens with one attached hydrogen (secondary N) is 1. The van der Waals surface area contributed by atoms with Crippen LogP contribution in [-0.2, 0) is 24.3 Å². The van der Waals surface area contributed by atoms with Crippen molar-refractivity contribution in [3.63, 3.8) is 0 Å². The molecule has 0 fully saturated rings. The Morgan fingerprint density at radius 1 is 0.815 bits per heavy atom. The number of carbonyl (C=O) groups excluding carboxylic acids is 1. The summed E-state index contributed by atoms with van der Waals surface area (Å²) in [5.41, 5.74) is 4.14. The smallest absolute Gasteiger partial charge is 0.228 e. The molecule has 1 amide bonds. The van der Waals surface area contributed by atoms with Gasteiger partial charge >= 0.3 is 0 Å². The molecule has 0 aliphatic carbocycles. The van der Waals surface area contributed by atoms with Crippen LogP contribution in [0.4, 0.5) is 5.69 Å². The Morgan fingerprint density at radius 3 is 2.00 bits per heavy atom. The molecule has 27 heavy (non-hydrogen) atoms. The maximum atomic E-state index is 12.2. The highest BCUT2D eigenvalue weighted by Crippen LogP contribution is 2.14. The number of anilines is 1. The number of hydrogen-bond donors (Lipinski definition) is 2. The number of carbonyl (C=O) groups is 1. The summed E-state index contributed by atoms with van der Waals surface area (Å²) in [7, 11) is 2.10. The Labute approximate surface area is 160 Å². The molecule has 138 valence electrons. The minimum absolute atomic E-state index is 0.0744. The van der Waals surface area contributed by atoms with Crippen LogP contribution in [0.3, 0.4) is 0 Å². The van der Waals surface area contributed by atoms with Crippen LogP contribution >= 0.6 is 0 Å². The molecule has 0 aliphatic rings. The second kappa shape index (κ2) is 9.01. The summed E-state index contributed by atoms with van der Waals surface area (Å²) >= 11 is 0. The first-order chi connectivity index (χ1) is 13.1. The zero-order valence-corrected chi connectivity index (χ0v) is 15.4. The van der Waals surface area contributed by atoms with Gasteiger partial charge < -0.3 is 10.4 Å². The molecular formula is C23H24N2O2. The third-order valence-electron chi connectivity index (χ3n) is 4.29. The van der Waals surface area contributed by atoms with E-state index in [1.165, 1.54) is 11.1 Å². The van der Waals surface area contributed by atoms with Crippen molar-refractivity contribution < 1.29 is 9.90 Å². The fourth-order valence-corrected chi connectivity index (χ4v) is 2.96. The molecule has 0 unspecified atom stereocenters. The lowest BCUT2D eigenvalue weighted by Gasteiger charge is -2.17. The zero-order chi connectivity index (χ0) is 19.1. The van der Waals surface area contributed by atoms with Crippen LogP contribution in [0.25, 0.3) is 0 Å². The van der Waals surface area contributed by atoms with Gasteiger partial charge in [-0.2, -0.15) is 0 Å². The molecule has 3 rings (SSSR count). The number of hydrogen-bond acceptors (Lipinski definition) is 3. The second-order valence-electron chi connectivity index (χ2n) is 6.75. The largest absolute Gasteiger partial charge is 0.508 e. The molecule has 0 saturated carbocycles. The maximum Gasteiger partial charge on any atom is 0.228 e. The van der Waals surface area contributed by atoms with Crippen LogP contribution in [0.2, 0.25) is 0 Å². The van der Waals surface area contributed by atoms with E-state index in [2.05, 4.69) is 41.5 Å². The summed E-state index contributed by atoms with van der Waals surface area (Å²) < 4.78 is 0. The van der Waals surface area contributed by atoms with Crippen molar-refractivity contribution >= 4 is 11.6 Å². The average molecular weight is 360 g/mol. The summed E-state index contributed by atoms with van der Waals surface area (Å²) in [6, 6.07) is 25.0. The van der Waals surface area contributed by atoms with Crippen LogP contribution in [0, 0.1) is 0 Å². The van der Waals surface area contributed by atoms with E-state index in [1.54, 1.807) is 24.3 Å². The lowest BCUT2D eigenvalue weighted by Crippen LogP contribution is -2.17. The molecule has 0 radical (unpaired) electrons. The molecular weight excluding hydrogens is 336 g/mol. The van der Waals surface area contributed by atoms with Crippen molar-refractivity contribution in [2.24, 2.45) is 0 Å². The topological polar surface area (TPSA) is 52.6 Å². The van der Waals surface area contributed by atoms with Gasteiger partial charge in [0.2, 0.25) is 5.91 Å². The molecule has 0 spiro atoms. The molecule has 0 aromatic heterocycles. The molecule has 3 aromatic rings. The molecule has 0 saturated heterocycles. The zero-order valence-electron chi connectivity index (χ0n) is 15.4. The number of amides is 1. The normalized spacial score (nSPS) is 10.7.